The van der Waals surface area contributed by atoms with Crippen LogP contribution < -0.4 is 11.1 Å². The first-order valence-electron chi connectivity index (χ1n) is 6.60. The van der Waals surface area contributed by atoms with Gasteiger partial charge in [-0.3, -0.25) is 9.36 Å². The van der Waals surface area contributed by atoms with Crippen LogP contribution in [0.15, 0.2) is 33.5 Å². The van der Waals surface area contributed by atoms with Crippen LogP contribution in [0, 0.1) is 0 Å². The first-order chi connectivity index (χ1) is 9.61. The fourth-order valence-electron chi connectivity index (χ4n) is 2.10. The second-order valence-electron chi connectivity index (χ2n) is 4.76. The monoisotopic (exact) mass is 278 g/mol. The quantitative estimate of drug-likeness (QED) is 0.821. The van der Waals surface area contributed by atoms with Crippen LogP contribution in [0.5, 0.6) is 0 Å². The van der Waals surface area contributed by atoms with Crippen molar-refractivity contribution >= 4 is 17.0 Å². The zero-order chi connectivity index (χ0) is 14.5. The van der Waals surface area contributed by atoms with E-state index in [0.717, 1.165) is 0 Å². The lowest BCUT2D eigenvalue weighted by atomic mass is 10.2. The highest BCUT2D eigenvalue weighted by atomic mass is 16.4. The van der Waals surface area contributed by atoms with E-state index in [0.29, 0.717) is 23.9 Å². The molecule has 0 bridgehead atoms. The van der Waals surface area contributed by atoms with E-state index >= 15 is 0 Å². The molecular weight excluding hydrogens is 260 g/mol. The maximum Gasteiger partial charge on any atom is 0.420 e. The van der Waals surface area contributed by atoms with Crippen molar-refractivity contribution in [1.29, 1.82) is 0 Å². The van der Waals surface area contributed by atoms with Gasteiger partial charge in [0.15, 0.2) is 5.58 Å². The summed E-state index contributed by atoms with van der Waals surface area (Å²) in [6.45, 7) is 1.90. The summed E-state index contributed by atoms with van der Waals surface area (Å²) >= 11 is 0. The van der Waals surface area contributed by atoms with E-state index in [-0.39, 0.29) is 25.1 Å². The average molecular weight is 278 g/mol. The fraction of sp³-hybridized carbons (Fsp3) is 0.429. The van der Waals surface area contributed by atoms with Crippen molar-refractivity contribution < 1.29 is 14.3 Å². The van der Waals surface area contributed by atoms with Gasteiger partial charge in [0, 0.05) is 12.6 Å². The molecule has 0 fully saturated rings. The standard InChI is InChI=1S/C14H18N2O4/c1-10(5-4-8-17)15-13(18)9-16-11-6-2-3-7-12(11)20-14(16)19/h2-3,6-7,10,17H,4-5,8-9H2,1H3,(H,15,18). The zero-order valence-electron chi connectivity index (χ0n) is 11.3. The Labute approximate surface area is 116 Å². The van der Waals surface area contributed by atoms with Crippen LogP contribution in [-0.4, -0.2) is 28.2 Å². The molecule has 0 aliphatic carbocycles. The van der Waals surface area contributed by atoms with Gasteiger partial charge in [0.2, 0.25) is 5.91 Å². The fourth-order valence-corrected chi connectivity index (χ4v) is 2.10. The zero-order valence-corrected chi connectivity index (χ0v) is 11.3. The molecule has 6 nitrogen and oxygen atoms in total. The number of aromatic nitrogens is 1. The van der Waals surface area contributed by atoms with E-state index in [2.05, 4.69) is 5.32 Å². The Balaban J connectivity index is 2.06. The number of amides is 1. The Bertz CT molecular complexity index is 644. The minimum atomic E-state index is -0.538. The SMILES string of the molecule is CC(CCCO)NC(=O)Cn1c(=O)oc2ccccc21. The molecule has 1 aromatic heterocycles. The van der Waals surface area contributed by atoms with E-state index in [1.807, 2.05) is 6.92 Å². The molecule has 2 rings (SSSR count). The first kappa shape index (κ1) is 14.3. The summed E-state index contributed by atoms with van der Waals surface area (Å²) in [6.07, 6.45) is 1.33. The predicted molar refractivity (Wildman–Crippen MR) is 74.4 cm³/mol. The van der Waals surface area contributed by atoms with E-state index in [4.69, 9.17) is 9.52 Å². The van der Waals surface area contributed by atoms with Gasteiger partial charge in [-0.2, -0.15) is 0 Å². The molecule has 0 aliphatic rings. The Morgan fingerprint density at radius 3 is 2.95 bits per heavy atom. The molecule has 1 amide bonds. The maximum atomic E-state index is 11.9. The normalized spacial score (nSPS) is 12.5. The third kappa shape index (κ3) is 3.27. The van der Waals surface area contributed by atoms with E-state index in [9.17, 15) is 9.59 Å². The number of oxazole rings is 1. The summed E-state index contributed by atoms with van der Waals surface area (Å²) in [5, 5.41) is 11.5. The molecule has 1 atom stereocenters. The van der Waals surface area contributed by atoms with Crippen LogP contribution in [0.1, 0.15) is 19.8 Å². The van der Waals surface area contributed by atoms with Crippen LogP contribution >= 0.6 is 0 Å². The number of aliphatic hydroxyl groups is 1. The number of benzene rings is 1. The van der Waals surface area contributed by atoms with Crippen LogP contribution in [0.3, 0.4) is 0 Å². The van der Waals surface area contributed by atoms with Gasteiger partial charge in [-0.1, -0.05) is 12.1 Å². The maximum absolute atomic E-state index is 11.9. The van der Waals surface area contributed by atoms with Crippen molar-refractivity contribution in [2.45, 2.75) is 32.4 Å². The van der Waals surface area contributed by atoms with Gasteiger partial charge in [0.1, 0.15) is 6.54 Å². The van der Waals surface area contributed by atoms with Crippen molar-refractivity contribution in [3.63, 3.8) is 0 Å². The van der Waals surface area contributed by atoms with Crippen LogP contribution in [0.2, 0.25) is 0 Å². The lowest BCUT2D eigenvalue weighted by Crippen LogP contribution is -2.36. The van der Waals surface area contributed by atoms with Crippen LogP contribution in [-0.2, 0) is 11.3 Å². The number of rotatable bonds is 6. The van der Waals surface area contributed by atoms with Gasteiger partial charge < -0.3 is 14.8 Å². The second-order valence-corrected chi connectivity index (χ2v) is 4.76. The van der Waals surface area contributed by atoms with Gasteiger partial charge in [-0.05, 0) is 31.9 Å². The Morgan fingerprint density at radius 1 is 1.45 bits per heavy atom. The minimum Gasteiger partial charge on any atom is -0.408 e. The highest BCUT2D eigenvalue weighted by molar-refractivity contribution is 5.79. The number of carbonyl (C=O) groups is 1. The summed E-state index contributed by atoms with van der Waals surface area (Å²) in [5.74, 6) is -0.784. The molecule has 0 aliphatic heterocycles. The first-order valence-corrected chi connectivity index (χ1v) is 6.60. The third-order valence-electron chi connectivity index (χ3n) is 3.08. The van der Waals surface area contributed by atoms with Gasteiger partial charge >= 0.3 is 5.76 Å². The number of hydrogen-bond acceptors (Lipinski definition) is 4. The molecule has 108 valence electrons. The Morgan fingerprint density at radius 2 is 2.20 bits per heavy atom. The molecule has 1 unspecified atom stereocenters. The number of hydrogen-bond donors (Lipinski definition) is 2. The number of aliphatic hydroxyl groups excluding tert-OH is 1. The highest BCUT2D eigenvalue weighted by Crippen LogP contribution is 2.11. The summed E-state index contributed by atoms with van der Waals surface area (Å²) < 4.78 is 6.37. The number of carbonyl (C=O) groups excluding carboxylic acids is 1. The second kappa shape index (κ2) is 6.38. The molecule has 0 saturated carbocycles. The molecule has 20 heavy (non-hydrogen) atoms. The van der Waals surface area contributed by atoms with Crippen molar-refractivity contribution in [1.82, 2.24) is 9.88 Å². The lowest BCUT2D eigenvalue weighted by Gasteiger charge is -2.13. The third-order valence-corrected chi connectivity index (χ3v) is 3.08. The van der Waals surface area contributed by atoms with Gasteiger partial charge in [0.05, 0.1) is 5.52 Å². The van der Waals surface area contributed by atoms with Crippen LogP contribution in [0.25, 0.3) is 11.1 Å². The van der Waals surface area contributed by atoms with Gasteiger partial charge in [-0.15, -0.1) is 0 Å². The smallest absolute Gasteiger partial charge is 0.408 e. The van der Waals surface area contributed by atoms with Gasteiger partial charge in [-0.25, -0.2) is 4.79 Å². The molecule has 1 aromatic carbocycles. The molecule has 0 saturated heterocycles. The topological polar surface area (TPSA) is 84.5 Å². The molecule has 2 aromatic rings. The summed E-state index contributed by atoms with van der Waals surface area (Å²) in [7, 11) is 0. The summed E-state index contributed by atoms with van der Waals surface area (Å²) in [5.41, 5.74) is 1.08. The van der Waals surface area contributed by atoms with Crippen molar-refractivity contribution in [3.8, 4) is 0 Å². The Kier molecular flexibility index (Phi) is 4.57. The van der Waals surface area contributed by atoms with Crippen molar-refractivity contribution in [2.24, 2.45) is 0 Å². The predicted octanol–water partition coefficient (Wildman–Crippen LogP) is 0.872. The molecule has 0 spiro atoms. The van der Waals surface area contributed by atoms with E-state index in [1.54, 1.807) is 24.3 Å². The average Bonchev–Trinajstić information content (AvgIpc) is 2.73. The van der Waals surface area contributed by atoms with Crippen LogP contribution in [0.4, 0.5) is 0 Å². The van der Waals surface area contributed by atoms with Gasteiger partial charge in [0.25, 0.3) is 0 Å². The van der Waals surface area contributed by atoms with E-state index in [1.165, 1.54) is 4.57 Å². The Hall–Kier alpha value is -2.08. The number of fused-ring (bicyclic) bond motifs is 1. The number of para-hydroxylation sites is 2. The molecule has 0 radical (unpaired) electrons. The van der Waals surface area contributed by atoms with Crippen molar-refractivity contribution in [2.75, 3.05) is 6.61 Å². The lowest BCUT2D eigenvalue weighted by molar-refractivity contribution is -0.122. The molecular formula is C14H18N2O4. The largest absolute Gasteiger partial charge is 0.420 e. The molecule has 2 N–H and O–H groups in total. The van der Waals surface area contributed by atoms with Crippen molar-refractivity contribution in [3.05, 3.63) is 34.8 Å². The molecule has 6 heteroatoms. The highest BCUT2D eigenvalue weighted by Gasteiger charge is 2.13. The van der Waals surface area contributed by atoms with E-state index < -0.39 is 5.76 Å². The number of nitrogens with one attached hydrogen (secondary N) is 1. The molecule has 1 heterocycles. The summed E-state index contributed by atoms with van der Waals surface area (Å²) in [4.78, 5) is 23.6. The minimum absolute atomic E-state index is 0.0384. The number of nitrogens with zero attached hydrogens (tertiary/aromatic N) is 1. The summed E-state index contributed by atoms with van der Waals surface area (Å²) in [6, 6.07) is 6.95.